The molecule has 0 spiro atoms. The van der Waals surface area contributed by atoms with E-state index >= 15 is 0 Å². The number of amides is 2. The molecule has 1 saturated heterocycles. The zero-order valence-corrected chi connectivity index (χ0v) is 15.9. The molecule has 0 atom stereocenters. The van der Waals surface area contributed by atoms with Gasteiger partial charge in [0.1, 0.15) is 5.75 Å². The quantitative estimate of drug-likeness (QED) is 0.884. The maximum absolute atomic E-state index is 12.6. The second-order valence-corrected chi connectivity index (χ2v) is 7.00. The first-order valence-corrected chi connectivity index (χ1v) is 9.33. The Balaban J connectivity index is 1.48. The minimum atomic E-state index is -0.0321. The van der Waals surface area contributed by atoms with Crippen LogP contribution in [-0.4, -0.2) is 36.9 Å². The fourth-order valence-corrected chi connectivity index (χ4v) is 3.30. The van der Waals surface area contributed by atoms with Gasteiger partial charge in [-0.1, -0.05) is 29.8 Å². The second-order valence-electron chi connectivity index (χ2n) is 7.00. The molecule has 2 aromatic carbocycles. The van der Waals surface area contributed by atoms with Crippen LogP contribution in [0.15, 0.2) is 48.5 Å². The Morgan fingerprint density at radius 3 is 2.26 bits per heavy atom. The standard InChI is InChI=1S/C22H26N2O3/c1-16-3-5-17(6-4-16)15-23-21(25)18-11-13-24(14-12-18)22(26)19-7-9-20(27-2)10-8-19/h3-10,18H,11-15H2,1-2H3,(H,23,25). The predicted octanol–water partition coefficient (Wildman–Crippen LogP) is 3.17. The van der Waals surface area contributed by atoms with Crippen molar-refractivity contribution in [2.75, 3.05) is 20.2 Å². The normalized spacial score (nSPS) is 14.7. The van der Waals surface area contributed by atoms with Gasteiger partial charge in [-0.05, 0) is 49.6 Å². The number of piperidine rings is 1. The number of likely N-dealkylation sites (tertiary alicyclic amines) is 1. The van der Waals surface area contributed by atoms with Crippen molar-refractivity contribution < 1.29 is 14.3 Å². The molecular weight excluding hydrogens is 340 g/mol. The first kappa shape index (κ1) is 19.0. The summed E-state index contributed by atoms with van der Waals surface area (Å²) in [4.78, 5) is 26.9. The van der Waals surface area contributed by atoms with Crippen molar-refractivity contribution in [1.29, 1.82) is 0 Å². The summed E-state index contributed by atoms with van der Waals surface area (Å²) in [5.41, 5.74) is 2.96. The smallest absolute Gasteiger partial charge is 0.253 e. The highest BCUT2D eigenvalue weighted by atomic mass is 16.5. The first-order valence-electron chi connectivity index (χ1n) is 9.33. The van der Waals surface area contributed by atoms with E-state index in [2.05, 4.69) is 5.32 Å². The summed E-state index contributed by atoms with van der Waals surface area (Å²) in [5, 5.41) is 3.02. The number of carbonyl (C=O) groups excluding carboxylic acids is 2. The van der Waals surface area contributed by atoms with Gasteiger partial charge >= 0.3 is 0 Å². The summed E-state index contributed by atoms with van der Waals surface area (Å²) < 4.78 is 5.13. The van der Waals surface area contributed by atoms with E-state index in [0.29, 0.717) is 38.0 Å². The molecule has 1 aliphatic rings. The zero-order valence-electron chi connectivity index (χ0n) is 15.9. The lowest BCUT2D eigenvalue weighted by atomic mass is 9.95. The van der Waals surface area contributed by atoms with Crippen molar-refractivity contribution in [1.82, 2.24) is 10.2 Å². The number of carbonyl (C=O) groups is 2. The Morgan fingerprint density at radius 2 is 1.67 bits per heavy atom. The number of hydrogen-bond donors (Lipinski definition) is 1. The van der Waals surface area contributed by atoms with Crippen molar-refractivity contribution in [3.8, 4) is 5.75 Å². The number of hydrogen-bond acceptors (Lipinski definition) is 3. The van der Waals surface area contributed by atoms with Crippen LogP contribution in [0.25, 0.3) is 0 Å². The molecule has 142 valence electrons. The van der Waals surface area contributed by atoms with E-state index < -0.39 is 0 Å². The molecule has 1 fully saturated rings. The topological polar surface area (TPSA) is 58.6 Å². The molecule has 1 aliphatic heterocycles. The van der Waals surface area contributed by atoms with Crippen LogP contribution in [0.5, 0.6) is 5.75 Å². The molecule has 0 aromatic heterocycles. The van der Waals surface area contributed by atoms with Crippen LogP contribution >= 0.6 is 0 Å². The maximum Gasteiger partial charge on any atom is 0.253 e. The summed E-state index contributed by atoms with van der Waals surface area (Å²) >= 11 is 0. The fourth-order valence-electron chi connectivity index (χ4n) is 3.30. The third-order valence-corrected chi connectivity index (χ3v) is 5.08. The van der Waals surface area contributed by atoms with Crippen LogP contribution in [0, 0.1) is 12.8 Å². The van der Waals surface area contributed by atoms with Crippen molar-refractivity contribution in [3.05, 3.63) is 65.2 Å². The Hall–Kier alpha value is -2.82. The summed E-state index contributed by atoms with van der Waals surface area (Å²) in [6.07, 6.45) is 1.39. The second kappa shape index (κ2) is 8.71. The molecule has 2 aromatic rings. The number of rotatable bonds is 5. The summed E-state index contributed by atoms with van der Waals surface area (Å²) in [6.45, 7) is 3.80. The monoisotopic (exact) mass is 366 g/mol. The molecule has 2 amide bonds. The largest absolute Gasteiger partial charge is 0.497 e. The number of nitrogens with one attached hydrogen (secondary N) is 1. The minimum absolute atomic E-state index is 0.0103. The Labute approximate surface area is 160 Å². The molecule has 5 heteroatoms. The van der Waals surface area contributed by atoms with Crippen LogP contribution in [-0.2, 0) is 11.3 Å². The van der Waals surface area contributed by atoms with E-state index in [1.807, 2.05) is 36.1 Å². The van der Waals surface area contributed by atoms with Crippen LogP contribution in [0.2, 0.25) is 0 Å². The van der Waals surface area contributed by atoms with Gasteiger partial charge in [0.15, 0.2) is 0 Å². The van der Waals surface area contributed by atoms with E-state index in [9.17, 15) is 9.59 Å². The molecular formula is C22H26N2O3. The lowest BCUT2D eigenvalue weighted by molar-refractivity contribution is -0.126. The Morgan fingerprint density at radius 1 is 1.04 bits per heavy atom. The summed E-state index contributed by atoms with van der Waals surface area (Å²) in [6, 6.07) is 15.3. The Bertz CT molecular complexity index is 776. The van der Waals surface area contributed by atoms with Crippen LogP contribution < -0.4 is 10.1 Å². The van der Waals surface area contributed by atoms with E-state index in [0.717, 1.165) is 11.3 Å². The van der Waals surface area contributed by atoms with Gasteiger partial charge in [-0.3, -0.25) is 9.59 Å². The third-order valence-electron chi connectivity index (χ3n) is 5.08. The number of benzene rings is 2. The summed E-state index contributed by atoms with van der Waals surface area (Å²) in [7, 11) is 1.60. The van der Waals surface area contributed by atoms with Crippen LogP contribution in [0.1, 0.15) is 34.3 Å². The average molecular weight is 366 g/mol. The lowest BCUT2D eigenvalue weighted by Crippen LogP contribution is -2.42. The minimum Gasteiger partial charge on any atom is -0.497 e. The van der Waals surface area contributed by atoms with Crippen molar-refractivity contribution in [3.63, 3.8) is 0 Å². The third kappa shape index (κ3) is 4.88. The molecule has 5 nitrogen and oxygen atoms in total. The summed E-state index contributed by atoms with van der Waals surface area (Å²) in [5.74, 6) is 0.786. The highest BCUT2D eigenvalue weighted by molar-refractivity contribution is 5.94. The van der Waals surface area contributed by atoms with E-state index in [1.165, 1.54) is 5.56 Å². The number of aryl methyl sites for hydroxylation is 1. The van der Waals surface area contributed by atoms with Gasteiger partial charge in [-0.15, -0.1) is 0 Å². The van der Waals surface area contributed by atoms with Crippen LogP contribution in [0.4, 0.5) is 0 Å². The van der Waals surface area contributed by atoms with E-state index in [1.54, 1.807) is 31.4 Å². The molecule has 0 saturated carbocycles. The zero-order chi connectivity index (χ0) is 19.2. The fraction of sp³-hybridized carbons (Fsp3) is 0.364. The highest BCUT2D eigenvalue weighted by Gasteiger charge is 2.27. The maximum atomic E-state index is 12.6. The van der Waals surface area contributed by atoms with Gasteiger partial charge in [-0.2, -0.15) is 0 Å². The average Bonchev–Trinajstić information content (AvgIpc) is 2.73. The lowest BCUT2D eigenvalue weighted by Gasteiger charge is -2.31. The van der Waals surface area contributed by atoms with Gasteiger partial charge < -0.3 is 15.0 Å². The highest BCUT2D eigenvalue weighted by Crippen LogP contribution is 2.20. The predicted molar refractivity (Wildman–Crippen MR) is 105 cm³/mol. The molecule has 27 heavy (non-hydrogen) atoms. The van der Waals surface area contributed by atoms with Gasteiger partial charge in [0.05, 0.1) is 7.11 Å². The molecule has 1 heterocycles. The number of ether oxygens (including phenoxy) is 1. The van der Waals surface area contributed by atoms with Gasteiger partial charge in [0.2, 0.25) is 5.91 Å². The molecule has 3 rings (SSSR count). The van der Waals surface area contributed by atoms with Crippen LogP contribution in [0.3, 0.4) is 0 Å². The molecule has 1 N–H and O–H groups in total. The number of nitrogens with zero attached hydrogens (tertiary/aromatic N) is 1. The van der Waals surface area contributed by atoms with Gasteiger partial charge in [0, 0.05) is 31.1 Å². The van der Waals surface area contributed by atoms with Crippen molar-refractivity contribution >= 4 is 11.8 Å². The van der Waals surface area contributed by atoms with Gasteiger partial charge in [0.25, 0.3) is 5.91 Å². The molecule has 0 aliphatic carbocycles. The van der Waals surface area contributed by atoms with Crippen molar-refractivity contribution in [2.45, 2.75) is 26.3 Å². The van der Waals surface area contributed by atoms with E-state index in [4.69, 9.17) is 4.74 Å². The van der Waals surface area contributed by atoms with Gasteiger partial charge in [-0.25, -0.2) is 0 Å². The number of methoxy groups -OCH3 is 1. The molecule has 0 unspecified atom stereocenters. The van der Waals surface area contributed by atoms with E-state index in [-0.39, 0.29) is 17.7 Å². The Kier molecular flexibility index (Phi) is 6.12. The SMILES string of the molecule is COc1ccc(C(=O)N2CCC(C(=O)NCc3ccc(C)cc3)CC2)cc1. The molecule has 0 bridgehead atoms. The first-order chi connectivity index (χ1) is 13.1. The molecule has 0 radical (unpaired) electrons. The van der Waals surface area contributed by atoms with Crippen molar-refractivity contribution in [2.24, 2.45) is 5.92 Å².